The molecule has 98 valence electrons. The standard InChI is InChI=1S/C13H15ClO4/c1-17-11-7-9(13(15)16)6-10(14)12(11)18-5-4-8-2-3-8/h6-8H,2-5H2,1H3,(H,15,16). The van der Waals surface area contributed by atoms with Gasteiger partial charge in [0.05, 0.1) is 24.3 Å². The molecule has 5 heteroatoms. The first-order chi connectivity index (χ1) is 8.61. The molecule has 18 heavy (non-hydrogen) atoms. The van der Waals surface area contributed by atoms with Gasteiger partial charge >= 0.3 is 5.97 Å². The number of ether oxygens (including phenoxy) is 2. The van der Waals surface area contributed by atoms with Crippen LogP contribution in [0.4, 0.5) is 0 Å². The highest BCUT2D eigenvalue weighted by Crippen LogP contribution is 2.38. The Morgan fingerprint density at radius 3 is 2.78 bits per heavy atom. The lowest BCUT2D eigenvalue weighted by Gasteiger charge is -2.13. The van der Waals surface area contributed by atoms with Crippen molar-refractivity contribution in [1.29, 1.82) is 0 Å². The van der Waals surface area contributed by atoms with Crippen molar-refractivity contribution in [2.45, 2.75) is 19.3 Å². The number of methoxy groups -OCH3 is 1. The molecule has 1 aliphatic rings. The minimum Gasteiger partial charge on any atom is -0.493 e. The Bertz CT molecular complexity index is 455. The lowest BCUT2D eigenvalue weighted by molar-refractivity contribution is 0.0696. The molecule has 1 saturated carbocycles. The maximum absolute atomic E-state index is 10.9. The summed E-state index contributed by atoms with van der Waals surface area (Å²) in [7, 11) is 1.46. The summed E-state index contributed by atoms with van der Waals surface area (Å²) in [5, 5.41) is 9.19. The van der Waals surface area contributed by atoms with Gasteiger partial charge in [-0.2, -0.15) is 0 Å². The third-order valence-corrected chi connectivity index (χ3v) is 3.23. The second-order valence-corrected chi connectivity index (χ2v) is 4.78. The number of halogens is 1. The van der Waals surface area contributed by atoms with E-state index in [1.807, 2.05) is 0 Å². The van der Waals surface area contributed by atoms with Crippen LogP contribution in [-0.2, 0) is 0 Å². The van der Waals surface area contributed by atoms with Gasteiger partial charge in [0.2, 0.25) is 0 Å². The van der Waals surface area contributed by atoms with Gasteiger partial charge in [-0.05, 0) is 24.5 Å². The zero-order valence-electron chi connectivity index (χ0n) is 10.1. The number of carbonyl (C=O) groups is 1. The molecule has 0 bridgehead atoms. The number of rotatable bonds is 6. The minimum absolute atomic E-state index is 0.0893. The number of carboxylic acids is 1. The smallest absolute Gasteiger partial charge is 0.335 e. The van der Waals surface area contributed by atoms with E-state index in [1.54, 1.807) is 0 Å². The van der Waals surface area contributed by atoms with Crippen molar-refractivity contribution >= 4 is 17.6 Å². The third-order valence-electron chi connectivity index (χ3n) is 2.95. The van der Waals surface area contributed by atoms with Crippen molar-refractivity contribution in [3.8, 4) is 11.5 Å². The molecule has 2 rings (SSSR count). The molecular weight excluding hydrogens is 256 g/mol. The summed E-state index contributed by atoms with van der Waals surface area (Å²) in [6, 6.07) is 2.79. The quantitative estimate of drug-likeness (QED) is 0.862. The number of aromatic carboxylic acids is 1. The number of hydrogen-bond acceptors (Lipinski definition) is 3. The van der Waals surface area contributed by atoms with Gasteiger partial charge < -0.3 is 14.6 Å². The van der Waals surface area contributed by atoms with E-state index >= 15 is 0 Å². The number of hydrogen-bond donors (Lipinski definition) is 1. The summed E-state index contributed by atoms with van der Waals surface area (Å²) < 4.78 is 10.7. The molecule has 0 amide bonds. The Balaban J connectivity index is 2.13. The van der Waals surface area contributed by atoms with Crippen LogP contribution in [0, 0.1) is 5.92 Å². The van der Waals surface area contributed by atoms with Crippen LogP contribution in [0.1, 0.15) is 29.6 Å². The molecule has 1 aromatic rings. The highest BCUT2D eigenvalue weighted by molar-refractivity contribution is 6.32. The Kier molecular flexibility index (Phi) is 3.97. The van der Waals surface area contributed by atoms with Gasteiger partial charge in [0, 0.05) is 0 Å². The molecule has 0 spiro atoms. The van der Waals surface area contributed by atoms with Crippen LogP contribution in [-0.4, -0.2) is 24.8 Å². The van der Waals surface area contributed by atoms with Crippen molar-refractivity contribution in [3.05, 3.63) is 22.7 Å². The number of benzene rings is 1. The summed E-state index contributed by atoms with van der Waals surface area (Å²) in [5.74, 6) is 0.508. The first kappa shape index (κ1) is 13.0. The van der Waals surface area contributed by atoms with Crippen LogP contribution < -0.4 is 9.47 Å². The molecule has 0 saturated heterocycles. The van der Waals surface area contributed by atoms with E-state index in [-0.39, 0.29) is 10.6 Å². The van der Waals surface area contributed by atoms with Crippen molar-refractivity contribution in [1.82, 2.24) is 0 Å². The van der Waals surface area contributed by atoms with Crippen molar-refractivity contribution < 1.29 is 19.4 Å². The first-order valence-electron chi connectivity index (χ1n) is 5.85. The summed E-state index contributed by atoms with van der Waals surface area (Å²) in [5.41, 5.74) is 0.0893. The van der Waals surface area contributed by atoms with E-state index in [0.29, 0.717) is 18.1 Å². The largest absolute Gasteiger partial charge is 0.493 e. The average Bonchev–Trinajstić information content (AvgIpc) is 3.14. The predicted octanol–water partition coefficient (Wildman–Crippen LogP) is 3.23. The van der Waals surface area contributed by atoms with E-state index in [9.17, 15) is 4.79 Å². The third kappa shape index (κ3) is 3.07. The minimum atomic E-state index is -1.04. The molecule has 0 aliphatic heterocycles. The summed E-state index contributed by atoms with van der Waals surface area (Å²) in [4.78, 5) is 10.9. The van der Waals surface area contributed by atoms with Gasteiger partial charge in [-0.3, -0.25) is 0 Å². The van der Waals surface area contributed by atoms with E-state index in [4.69, 9.17) is 26.2 Å². The zero-order valence-corrected chi connectivity index (χ0v) is 10.9. The summed E-state index contributed by atoms with van der Waals surface area (Å²) in [6.07, 6.45) is 3.54. The van der Waals surface area contributed by atoms with Gasteiger partial charge in [-0.1, -0.05) is 24.4 Å². The van der Waals surface area contributed by atoms with Gasteiger partial charge in [0.15, 0.2) is 11.5 Å². The molecule has 1 aromatic carbocycles. The molecule has 4 nitrogen and oxygen atoms in total. The highest BCUT2D eigenvalue weighted by atomic mass is 35.5. The lowest BCUT2D eigenvalue weighted by atomic mass is 10.2. The monoisotopic (exact) mass is 270 g/mol. The molecule has 0 heterocycles. The van der Waals surface area contributed by atoms with Crippen LogP contribution in [0.2, 0.25) is 5.02 Å². The Hall–Kier alpha value is -1.42. The number of carboxylic acid groups (broad SMARTS) is 1. The van der Waals surface area contributed by atoms with Gasteiger partial charge in [-0.15, -0.1) is 0 Å². The lowest BCUT2D eigenvalue weighted by Crippen LogP contribution is -2.03. The van der Waals surface area contributed by atoms with E-state index in [1.165, 1.54) is 32.1 Å². The Morgan fingerprint density at radius 1 is 1.50 bits per heavy atom. The fourth-order valence-electron chi connectivity index (χ4n) is 1.72. The van der Waals surface area contributed by atoms with Gasteiger partial charge in [-0.25, -0.2) is 4.79 Å². The van der Waals surface area contributed by atoms with Crippen molar-refractivity contribution in [2.75, 3.05) is 13.7 Å². The molecule has 0 unspecified atom stereocenters. The van der Waals surface area contributed by atoms with Crippen molar-refractivity contribution in [2.24, 2.45) is 5.92 Å². The maximum Gasteiger partial charge on any atom is 0.335 e. The molecule has 0 atom stereocenters. The van der Waals surface area contributed by atoms with E-state index < -0.39 is 5.97 Å². The predicted molar refractivity (Wildman–Crippen MR) is 67.8 cm³/mol. The van der Waals surface area contributed by atoms with Crippen LogP contribution in [0.25, 0.3) is 0 Å². The normalized spacial score (nSPS) is 14.3. The first-order valence-corrected chi connectivity index (χ1v) is 6.23. The molecular formula is C13H15ClO4. The van der Waals surface area contributed by atoms with Crippen molar-refractivity contribution in [3.63, 3.8) is 0 Å². The highest BCUT2D eigenvalue weighted by Gasteiger charge is 2.22. The second-order valence-electron chi connectivity index (χ2n) is 4.38. The zero-order chi connectivity index (χ0) is 13.1. The molecule has 1 aliphatic carbocycles. The second kappa shape index (κ2) is 5.48. The summed E-state index contributed by atoms with van der Waals surface area (Å²) in [6.45, 7) is 0.577. The van der Waals surface area contributed by atoms with Crippen LogP contribution in [0.5, 0.6) is 11.5 Å². The fourth-order valence-corrected chi connectivity index (χ4v) is 1.98. The van der Waals surface area contributed by atoms with Gasteiger partial charge in [0.25, 0.3) is 0 Å². The average molecular weight is 271 g/mol. The van der Waals surface area contributed by atoms with Crippen LogP contribution in [0.3, 0.4) is 0 Å². The fraction of sp³-hybridized carbons (Fsp3) is 0.462. The Labute approximate surface area is 110 Å². The molecule has 0 radical (unpaired) electrons. The van der Waals surface area contributed by atoms with Gasteiger partial charge in [0.1, 0.15) is 0 Å². The van der Waals surface area contributed by atoms with Crippen LogP contribution in [0.15, 0.2) is 12.1 Å². The summed E-state index contributed by atoms with van der Waals surface area (Å²) >= 11 is 6.02. The van der Waals surface area contributed by atoms with E-state index in [2.05, 4.69) is 0 Å². The topological polar surface area (TPSA) is 55.8 Å². The Morgan fingerprint density at radius 2 is 2.22 bits per heavy atom. The molecule has 0 aromatic heterocycles. The molecule has 1 fully saturated rings. The van der Waals surface area contributed by atoms with Crippen LogP contribution >= 0.6 is 11.6 Å². The van der Waals surface area contributed by atoms with E-state index in [0.717, 1.165) is 12.3 Å². The SMILES string of the molecule is COc1cc(C(=O)O)cc(Cl)c1OCCC1CC1. The maximum atomic E-state index is 10.9. The molecule has 1 N–H and O–H groups in total.